The summed E-state index contributed by atoms with van der Waals surface area (Å²) in [6.07, 6.45) is 4.44. The third-order valence-electron chi connectivity index (χ3n) is 5.37. The van der Waals surface area contributed by atoms with Gasteiger partial charge in [-0.1, -0.05) is 24.8 Å². The molecule has 1 aliphatic rings. The summed E-state index contributed by atoms with van der Waals surface area (Å²) in [5.41, 5.74) is 3.11. The molecule has 2 aromatic heterocycles. The third-order valence-corrected chi connectivity index (χ3v) is 5.37. The highest BCUT2D eigenvalue weighted by molar-refractivity contribution is 5.75. The summed E-state index contributed by atoms with van der Waals surface area (Å²) in [4.78, 5) is 12.3. The average molecular weight is 394 g/mol. The number of fused-ring (bicyclic) bond motifs is 1. The first-order chi connectivity index (χ1) is 13.9. The van der Waals surface area contributed by atoms with Crippen LogP contribution in [0, 0.1) is 0 Å². The van der Waals surface area contributed by atoms with Gasteiger partial charge in [-0.05, 0) is 31.9 Å². The van der Waals surface area contributed by atoms with Crippen LogP contribution in [-0.2, 0) is 19.1 Å². The van der Waals surface area contributed by atoms with Crippen LogP contribution in [0.5, 0.6) is 0 Å². The van der Waals surface area contributed by atoms with Gasteiger partial charge in [-0.3, -0.25) is 10.00 Å². The molecule has 8 nitrogen and oxygen atoms in total. The molecule has 0 fully saturated rings. The van der Waals surface area contributed by atoms with Crippen LogP contribution in [0.3, 0.4) is 0 Å². The summed E-state index contributed by atoms with van der Waals surface area (Å²) in [5.74, 6) is -0.147. The summed E-state index contributed by atoms with van der Waals surface area (Å²) in [5, 5.41) is 16.0. The minimum absolute atomic E-state index is 0.0488. The first kappa shape index (κ1) is 19.2. The van der Waals surface area contributed by atoms with Crippen LogP contribution in [0.4, 0.5) is 5.69 Å². The average Bonchev–Trinajstić information content (AvgIpc) is 3.31. The molecule has 29 heavy (non-hydrogen) atoms. The Balaban J connectivity index is 1.89. The highest BCUT2D eigenvalue weighted by Gasteiger charge is 2.43. The summed E-state index contributed by atoms with van der Waals surface area (Å²) in [6.45, 7) is 9.11. The zero-order valence-electron chi connectivity index (χ0n) is 17.0. The van der Waals surface area contributed by atoms with Crippen molar-refractivity contribution in [3.05, 3.63) is 70.8 Å². The highest BCUT2D eigenvalue weighted by Crippen LogP contribution is 2.34. The van der Waals surface area contributed by atoms with Gasteiger partial charge in [0, 0.05) is 49.2 Å². The first-order valence-electron chi connectivity index (χ1n) is 9.79. The minimum atomic E-state index is -0.870. The molecule has 3 heterocycles. The van der Waals surface area contributed by atoms with Gasteiger partial charge < -0.3 is 9.73 Å². The van der Waals surface area contributed by atoms with Crippen molar-refractivity contribution in [3.63, 3.8) is 0 Å². The van der Waals surface area contributed by atoms with Gasteiger partial charge >= 0.3 is 5.76 Å². The lowest BCUT2D eigenvalue weighted by Crippen LogP contribution is -2.52. The lowest BCUT2D eigenvalue weighted by molar-refractivity contribution is 0.289. The predicted molar refractivity (Wildman–Crippen MR) is 112 cm³/mol. The van der Waals surface area contributed by atoms with E-state index in [2.05, 4.69) is 40.4 Å². The largest absolute Gasteiger partial charge is 0.437 e. The Kier molecular flexibility index (Phi) is 4.87. The molecule has 0 saturated carbocycles. The van der Waals surface area contributed by atoms with Crippen molar-refractivity contribution in [3.8, 4) is 0 Å². The van der Waals surface area contributed by atoms with Gasteiger partial charge in [-0.25, -0.2) is 4.79 Å². The smallest absolute Gasteiger partial charge is 0.390 e. The molecule has 3 aromatic rings. The van der Waals surface area contributed by atoms with E-state index in [1.54, 1.807) is 10.9 Å². The number of benzene rings is 1. The number of nitrogens with zero attached hydrogens (tertiary/aromatic N) is 4. The lowest BCUT2D eigenvalue weighted by atomic mass is 9.90. The van der Waals surface area contributed by atoms with Crippen molar-refractivity contribution < 1.29 is 4.42 Å². The van der Waals surface area contributed by atoms with Gasteiger partial charge in [-0.2, -0.15) is 9.78 Å². The first-order valence-corrected chi connectivity index (χ1v) is 9.79. The Morgan fingerprint density at radius 2 is 2.17 bits per heavy atom. The quantitative estimate of drug-likeness (QED) is 0.709. The summed E-state index contributed by atoms with van der Waals surface area (Å²) >= 11 is 0. The molecule has 0 saturated heterocycles. The van der Waals surface area contributed by atoms with Crippen LogP contribution in [0.25, 0.3) is 5.57 Å². The fourth-order valence-corrected chi connectivity index (χ4v) is 3.94. The second kappa shape index (κ2) is 7.36. The maximum absolute atomic E-state index is 12.3. The number of aromatic nitrogens is 4. The van der Waals surface area contributed by atoms with Crippen molar-refractivity contribution in [2.45, 2.75) is 38.4 Å². The molecule has 0 spiro atoms. The molecule has 0 bridgehead atoms. The van der Waals surface area contributed by atoms with E-state index in [9.17, 15) is 4.79 Å². The van der Waals surface area contributed by atoms with Crippen molar-refractivity contribution in [1.29, 1.82) is 0 Å². The van der Waals surface area contributed by atoms with Gasteiger partial charge in [0.1, 0.15) is 5.54 Å². The van der Waals surface area contributed by atoms with E-state index in [-0.39, 0.29) is 6.04 Å². The van der Waals surface area contributed by atoms with E-state index < -0.39 is 11.3 Å². The Hall–Kier alpha value is -3.13. The van der Waals surface area contributed by atoms with E-state index in [0.717, 1.165) is 28.8 Å². The molecule has 2 unspecified atom stereocenters. The van der Waals surface area contributed by atoms with Gasteiger partial charge in [0.15, 0.2) is 0 Å². The molecule has 0 radical (unpaired) electrons. The summed E-state index contributed by atoms with van der Waals surface area (Å²) in [6, 6.07) is 8.16. The molecule has 2 atom stereocenters. The predicted octanol–water partition coefficient (Wildman–Crippen LogP) is 2.34. The Morgan fingerprint density at radius 3 is 2.86 bits per heavy atom. The van der Waals surface area contributed by atoms with Crippen molar-refractivity contribution in [2.75, 3.05) is 11.9 Å². The van der Waals surface area contributed by atoms with Crippen molar-refractivity contribution in [1.82, 2.24) is 24.9 Å². The fourth-order valence-electron chi connectivity index (χ4n) is 3.94. The topological polar surface area (TPSA) is 89.9 Å². The number of nitrogens with one attached hydrogen (secondary N) is 2. The number of hydrogen-bond donors (Lipinski definition) is 2. The van der Waals surface area contributed by atoms with Gasteiger partial charge in [0.25, 0.3) is 0 Å². The van der Waals surface area contributed by atoms with Gasteiger partial charge in [-0.15, -0.1) is 5.10 Å². The number of anilines is 1. The highest BCUT2D eigenvalue weighted by atomic mass is 16.4. The molecule has 0 amide bonds. The molecule has 152 valence electrons. The molecular formula is C21H26N6O2. The van der Waals surface area contributed by atoms with Crippen LogP contribution in [0.2, 0.25) is 0 Å². The maximum Gasteiger partial charge on any atom is 0.437 e. The second-order valence-electron chi connectivity index (χ2n) is 7.55. The SMILES string of the molecule is C=C1CC(C)NC(c2cnn(C)c2)(c2nn(CC)c(=O)o2)CNc2ccccc21. The zero-order chi connectivity index (χ0) is 20.6. The van der Waals surface area contributed by atoms with Crippen LogP contribution in [-0.4, -0.2) is 32.1 Å². The molecule has 0 aliphatic carbocycles. The van der Waals surface area contributed by atoms with Crippen LogP contribution in [0.15, 0.2) is 52.4 Å². The Bertz CT molecular complexity index is 1090. The standard InChI is InChI=1S/C21H26N6O2/c1-5-27-20(28)29-19(25-27)21(16-11-23-26(4)12-16)13-22-18-9-7-6-8-17(18)14(2)10-15(3)24-21/h6-9,11-12,15,22,24H,2,5,10,13H2,1,3-4H3. The molecule has 1 aromatic carbocycles. The molecule has 2 N–H and O–H groups in total. The third kappa shape index (κ3) is 3.40. The Morgan fingerprint density at radius 1 is 1.38 bits per heavy atom. The number of aryl methyl sites for hydroxylation is 2. The van der Waals surface area contributed by atoms with E-state index in [1.807, 2.05) is 38.4 Å². The second-order valence-corrected chi connectivity index (χ2v) is 7.55. The molecular weight excluding hydrogens is 368 g/mol. The molecule has 8 heteroatoms. The van der Waals surface area contributed by atoms with E-state index >= 15 is 0 Å². The Labute approximate surface area is 169 Å². The van der Waals surface area contributed by atoms with E-state index in [0.29, 0.717) is 19.0 Å². The summed E-state index contributed by atoms with van der Waals surface area (Å²) < 4.78 is 8.71. The lowest BCUT2D eigenvalue weighted by Gasteiger charge is -2.33. The van der Waals surface area contributed by atoms with Crippen LogP contribution < -0.4 is 16.4 Å². The van der Waals surface area contributed by atoms with E-state index in [1.165, 1.54) is 4.68 Å². The minimum Gasteiger partial charge on any atom is -0.390 e. The number of hydrogen-bond acceptors (Lipinski definition) is 6. The van der Waals surface area contributed by atoms with Crippen molar-refractivity contribution in [2.24, 2.45) is 7.05 Å². The van der Waals surface area contributed by atoms with E-state index in [4.69, 9.17) is 4.42 Å². The maximum atomic E-state index is 12.3. The summed E-state index contributed by atoms with van der Waals surface area (Å²) in [7, 11) is 1.86. The number of para-hydroxylation sites is 1. The monoisotopic (exact) mass is 394 g/mol. The van der Waals surface area contributed by atoms with Crippen LogP contribution >= 0.6 is 0 Å². The molecule has 1 aliphatic heterocycles. The number of rotatable bonds is 3. The normalized spacial score (nSPS) is 22.3. The van der Waals surface area contributed by atoms with Crippen molar-refractivity contribution >= 4 is 11.3 Å². The van der Waals surface area contributed by atoms with Gasteiger partial charge in [0.2, 0.25) is 5.89 Å². The zero-order valence-corrected chi connectivity index (χ0v) is 17.0. The van der Waals surface area contributed by atoms with Gasteiger partial charge in [0.05, 0.1) is 6.20 Å². The molecule has 4 rings (SSSR count). The van der Waals surface area contributed by atoms with Crippen LogP contribution in [0.1, 0.15) is 37.3 Å². The fraction of sp³-hybridized carbons (Fsp3) is 0.381.